The van der Waals surface area contributed by atoms with Gasteiger partial charge in [0.25, 0.3) is 5.69 Å². The van der Waals surface area contributed by atoms with Gasteiger partial charge in [-0.3, -0.25) is 15.0 Å². The van der Waals surface area contributed by atoms with E-state index in [1.165, 1.54) is 24.3 Å². The Hall–Kier alpha value is -3.43. The Kier molecular flexibility index (Phi) is 4.09. The minimum absolute atomic E-state index is 0.0202. The lowest BCUT2D eigenvalue weighted by Gasteiger charge is -2.37. The molecule has 1 aromatic rings. The molecule has 0 saturated carbocycles. The molecular weight excluding hydrogens is 334 g/mol. The molecule has 1 fully saturated rings. The van der Waals surface area contributed by atoms with E-state index in [1.54, 1.807) is 0 Å². The Bertz CT molecular complexity index is 800. The van der Waals surface area contributed by atoms with Crippen molar-refractivity contribution < 1.29 is 28.8 Å². The van der Waals surface area contributed by atoms with Crippen LogP contribution >= 0.6 is 0 Å². The number of nitro groups is 1. The highest BCUT2D eigenvalue weighted by molar-refractivity contribution is 6.06. The summed E-state index contributed by atoms with van der Waals surface area (Å²) in [6, 6.07) is 3.73. The van der Waals surface area contributed by atoms with Gasteiger partial charge < -0.3 is 14.8 Å². The number of hydrogen-bond acceptors (Lipinski definition) is 7. The molecule has 10 nitrogen and oxygen atoms in total. The molecule has 0 spiro atoms. The number of carbonyl (C=O) groups is 3. The first-order valence-electron chi connectivity index (χ1n) is 7.26. The zero-order chi connectivity index (χ0) is 18.1. The van der Waals surface area contributed by atoms with Crippen molar-refractivity contribution in [3.05, 3.63) is 51.2 Å². The molecule has 2 amide bonds. The zero-order valence-corrected chi connectivity index (χ0v) is 13.1. The number of nitrogens with one attached hydrogen (secondary N) is 1. The number of benzene rings is 1. The van der Waals surface area contributed by atoms with Gasteiger partial charge in [0, 0.05) is 12.1 Å². The summed E-state index contributed by atoms with van der Waals surface area (Å²) in [5.41, 5.74) is -0.00686. The van der Waals surface area contributed by atoms with Crippen molar-refractivity contribution >= 4 is 23.7 Å². The average molecular weight is 347 g/mol. The fourth-order valence-corrected chi connectivity index (χ4v) is 2.75. The molecule has 2 aliphatic heterocycles. The van der Waals surface area contributed by atoms with E-state index in [2.05, 4.69) is 5.32 Å². The van der Waals surface area contributed by atoms with Crippen LogP contribution in [-0.4, -0.2) is 48.1 Å². The predicted molar refractivity (Wildman–Crippen MR) is 81.1 cm³/mol. The summed E-state index contributed by atoms with van der Waals surface area (Å²) in [7, 11) is 1.15. The number of methoxy groups -OCH3 is 1. The quantitative estimate of drug-likeness (QED) is 0.483. The second-order valence-corrected chi connectivity index (χ2v) is 5.27. The van der Waals surface area contributed by atoms with Crippen LogP contribution in [0.4, 0.5) is 10.5 Å². The molecular formula is C15H13N3O7. The van der Waals surface area contributed by atoms with E-state index >= 15 is 0 Å². The van der Waals surface area contributed by atoms with Crippen LogP contribution in [0.1, 0.15) is 11.6 Å². The predicted octanol–water partition coefficient (Wildman–Crippen LogP) is 0.645. The number of rotatable bonds is 3. The van der Waals surface area contributed by atoms with Gasteiger partial charge in [-0.25, -0.2) is 14.4 Å². The highest BCUT2D eigenvalue weighted by Crippen LogP contribution is 2.33. The summed E-state index contributed by atoms with van der Waals surface area (Å²) in [5.74, 6) is -1.60. The van der Waals surface area contributed by atoms with Crippen molar-refractivity contribution in [1.29, 1.82) is 0 Å². The first-order chi connectivity index (χ1) is 11.9. The number of morpholine rings is 1. The van der Waals surface area contributed by atoms with Crippen LogP contribution in [0.25, 0.3) is 0 Å². The normalized spacial score (nSPS) is 19.7. The van der Waals surface area contributed by atoms with Crippen LogP contribution in [0.15, 0.2) is 35.5 Å². The second kappa shape index (κ2) is 6.23. The number of cyclic esters (lactones) is 1. The monoisotopic (exact) mass is 347 g/mol. The number of fused-ring (bicyclic) bond motifs is 1. The molecule has 2 aliphatic rings. The van der Waals surface area contributed by atoms with Gasteiger partial charge in [-0.1, -0.05) is 0 Å². The first-order valence-corrected chi connectivity index (χ1v) is 7.26. The van der Waals surface area contributed by atoms with Crippen molar-refractivity contribution in [2.24, 2.45) is 0 Å². The van der Waals surface area contributed by atoms with Gasteiger partial charge in [0.2, 0.25) is 0 Å². The Morgan fingerprint density at radius 1 is 1.36 bits per heavy atom. The Balaban J connectivity index is 2.12. The van der Waals surface area contributed by atoms with Crippen LogP contribution < -0.4 is 5.32 Å². The summed E-state index contributed by atoms with van der Waals surface area (Å²) < 4.78 is 9.68. The van der Waals surface area contributed by atoms with E-state index < -0.39 is 28.9 Å². The fourth-order valence-electron chi connectivity index (χ4n) is 2.75. The van der Waals surface area contributed by atoms with Gasteiger partial charge in [0.1, 0.15) is 12.3 Å². The van der Waals surface area contributed by atoms with E-state index in [4.69, 9.17) is 9.47 Å². The zero-order valence-electron chi connectivity index (χ0n) is 13.1. The number of hydrogen-bond donors (Lipinski definition) is 1. The van der Waals surface area contributed by atoms with E-state index in [0.29, 0.717) is 5.56 Å². The van der Waals surface area contributed by atoms with Gasteiger partial charge in [-0.05, 0) is 17.7 Å². The standard InChI is InChI=1S/C15H13N3O7/c1-24-13(19)10-11(8-2-4-9(5-3-8)18(22)23)16-15(21)17-6-7-25-14(20)12(10)17/h2-5,11H,6-7H2,1H3,(H,16,21)/t11-/m0/s1. The number of carbonyl (C=O) groups excluding carboxylic acids is 3. The summed E-state index contributed by atoms with van der Waals surface area (Å²) in [4.78, 5) is 48.0. The molecule has 1 saturated heterocycles. The molecule has 10 heteroatoms. The van der Waals surface area contributed by atoms with Crippen molar-refractivity contribution in [3.63, 3.8) is 0 Å². The maximum atomic E-state index is 12.3. The lowest BCUT2D eigenvalue weighted by atomic mass is 9.94. The number of esters is 2. The van der Waals surface area contributed by atoms with Gasteiger partial charge in [0.15, 0.2) is 0 Å². The summed E-state index contributed by atoms with van der Waals surface area (Å²) in [5, 5.41) is 13.4. The molecule has 0 unspecified atom stereocenters. The lowest BCUT2D eigenvalue weighted by molar-refractivity contribution is -0.384. The topological polar surface area (TPSA) is 128 Å². The molecule has 0 bridgehead atoms. The number of nitrogens with zero attached hydrogens (tertiary/aromatic N) is 2. The smallest absolute Gasteiger partial charge is 0.355 e. The molecule has 130 valence electrons. The Labute approximate surface area is 141 Å². The molecule has 2 heterocycles. The number of amides is 2. The SMILES string of the molecule is COC(=O)C1=C2C(=O)OCCN2C(=O)N[C@H]1c1ccc([N+](=O)[O-])cc1. The maximum absolute atomic E-state index is 12.3. The molecule has 1 N–H and O–H groups in total. The van der Waals surface area contributed by atoms with Gasteiger partial charge in [-0.2, -0.15) is 0 Å². The molecule has 25 heavy (non-hydrogen) atoms. The average Bonchev–Trinajstić information content (AvgIpc) is 2.61. The highest BCUT2D eigenvalue weighted by Gasteiger charge is 2.43. The van der Waals surface area contributed by atoms with Crippen molar-refractivity contribution in [3.8, 4) is 0 Å². The van der Waals surface area contributed by atoms with Crippen LogP contribution in [-0.2, 0) is 19.1 Å². The number of nitro benzene ring substituents is 1. The van der Waals surface area contributed by atoms with E-state index in [9.17, 15) is 24.5 Å². The van der Waals surface area contributed by atoms with Gasteiger partial charge in [0.05, 0.1) is 30.2 Å². The van der Waals surface area contributed by atoms with Crippen LogP contribution in [0.2, 0.25) is 0 Å². The van der Waals surface area contributed by atoms with Crippen molar-refractivity contribution in [1.82, 2.24) is 10.2 Å². The molecule has 0 aliphatic carbocycles. The molecule has 0 aromatic heterocycles. The summed E-state index contributed by atoms with van der Waals surface area (Å²) in [6.45, 7) is 0.132. The second-order valence-electron chi connectivity index (χ2n) is 5.27. The van der Waals surface area contributed by atoms with Gasteiger partial charge in [-0.15, -0.1) is 0 Å². The van der Waals surface area contributed by atoms with Crippen LogP contribution in [0, 0.1) is 10.1 Å². The largest absolute Gasteiger partial charge is 0.466 e. The van der Waals surface area contributed by atoms with Gasteiger partial charge >= 0.3 is 18.0 Å². The van der Waals surface area contributed by atoms with Crippen molar-refractivity contribution in [2.75, 3.05) is 20.3 Å². The summed E-state index contributed by atoms with van der Waals surface area (Å²) >= 11 is 0. The third-order valence-electron chi connectivity index (χ3n) is 3.91. The molecule has 3 rings (SSSR count). The minimum atomic E-state index is -0.988. The van der Waals surface area contributed by atoms with E-state index in [0.717, 1.165) is 12.0 Å². The van der Waals surface area contributed by atoms with E-state index in [1.807, 2.05) is 0 Å². The van der Waals surface area contributed by atoms with Crippen LogP contribution in [0.3, 0.4) is 0 Å². The molecule has 0 radical (unpaired) electrons. The number of urea groups is 1. The lowest BCUT2D eigenvalue weighted by Crippen LogP contribution is -2.53. The number of non-ortho nitro benzene ring substituents is 1. The maximum Gasteiger partial charge on any atom is 0.355 e. The minimum Gasteiger partial charge on any atom is -0.466 e. The fraction of sp³-hybridized carbons (Fsp3) is 0.267. The van der Waals surface area contributed by atoms with E-state index in [-0.39, 0.29) is 30.1 Å². The Morgan fingerprint density at radius 2 is 2.04 bits per heavy atom. The third kappa shape index (κ3) is 2.77. The molecule has 1 aromatic carbocycles. The van der Waals surface area contributed by atoms with Crippen molar-refractivity contribution in [2.45, 2.75) is 6.04 Å². The highest BCUT2D eigenvalue weighted by atomic mass is 16.6. The molecule has 1 atom stereocenters. The first kappa shape index (κ1) is 16.4. The summed E-state index contributed by atoms with van der Waals surface area (Å²) in [6.07, 6.45) is 0. The number of ether oxygens (including phenoxy) is 2. The van der Waals surface area contributed by atoms with Crippen LogP contribution in [0.5, 0.6) is 0 Å². The Morgan fingerprint density at radius 3 is 2.64 bits per heavy atom. The third-order valence-corrected chi connectivity index (χ3v) is 3.91.